The molecule has 35 heavy (non-hydrogen) atoms. The van der Waals surface area contributed by atoms with Gasteiger partial charge in [0.15, 0.2) is 11.5 Å². The maximum atomic E-state index is 13.1. The average Bonchev–Trinajstić information content (AvgIpc) is 3.12. The molecule has 0 atom stereocenters. The number of hydrogen-bond donors (Lipinski definition) is 1. The molecule has 0 spiro atoms. The van der Waals surface area contributed by atoms with Gasteiger partial charge in [0, 0.05) is 5.56 Å². The fraction of sp³-hybridized carbons (Fsp3) is 0.185. The second-order valence-corrected chi connectivity index (χ2v) is 8.86. The summed E-state index contributed by atoms with van der Waals surface area (Å²) in [6, 6.07) is 20.3. The van der Waals surface area contributed by atoms with Gasteiger partial charge in [-0.1, -0.05) is 53.5 Å². The third kappa shape index (κ3) is 5.78. The van der Waals surface area contributed by atoms with E-state index in [1.807, 2.05) is 73.1 Å². The highest BCUT2D eigenvalue weighted by atomic mass is 35.5. The van der Waals surface area contributed by atoms with Crippen molar-refractivity contribution in [3.63, 3.8) is 0 Å². The normalized spacial score (nSPS) is 10.8. The Kier molecular flexibility index (Phi) is 7.63. The van der Waals surface area contributed by atoms with Crippen LogP contribution in [0.5, 0.6) is 11.5 Å². The number of benzene rings is 3. The molecule has 8 heteroatoms. The van der Waals surface area contributed by atoms with Crippen molar-refractivity contribution in [2.75, 3.05) is 12.4 Å². The lowest BCUT2D eigenvalue weighted by Crippen LogP contribution is -2.14. The van der Waals surface area contributed by atoms with Gasteiger partial charge in [0.2, 0.25) is 0 Å². The molecular weight excluding hydrogens is 485 g/mol. The molecule has 1 N–H and O–H groups in total. The highest BCUT2D eigenvalue weighted by Crippen LogP contribution is 2.27. The summed E-state index contributed by atoms with van der Waals surface area (Å²) in [5, 5.41) is 8.61. The van der Waals surface area contributed by atoms with Crippen LogP contribution in [0.15, 0.2) is 66.7 Å². The Labute approximate surface area is 214 Å². The lowest BCUT2D eigenvalue weighted by atomic mass is 10.1. The van der Waals surface area contributed by atoms with Crippen molar-refractivity contribution in [2.45, 2.75) is 27.0 Å². The molecular formula is C27H25Cl2N3O3. The molecule has 4 aromatic rings. The maximum Gasteiger partial charge on any atom is 0.255 e. The van der Waals surface area contributed by atoms with Gasteiger partial charge < -0.3 is 14.8 Å². The minimum absolute atomic E-state index is 0.218. The van der Waals surface area contributed by atoms with Crippen LogP contribution in [0.1, 0.15) is 32.9 Å². The Morgan fingerprint density at radius 3 is 2.46 bits per heavy atom. The van der Waals surface area contributed by atoms with Gasteiger partial charge in [0.1, 0.15) is 6.61 Å². The fourth-order valence-corrected chi connectivity index (χ4v) is 4.05. The first kappa shape index (κ1) is 24.6. The van der Waals surface area contributed by atoms with Crippen molar-refractivity contribution >= 4 is 34.8 Å². The first-order chi connectivity index (χ1) is 16.9. The van der Waals surface area contributed by atoms with E-state index in [0.29, 0.717) is 45.9 Å². The number of nitrogens with zero attached hydrogens (tertiary/aromatic N) is 2. The molecule has 0 bridgehead atoms. The number of halogens is 2. The fourth-order valence-electron chi connectivity index (χ4n) is 3.73. The van der Waals surface area contributed by atoms with Gasteiger partial charge in [-0.15, -0.1) is 0 Å². The Hall–Kier alpha value is -3.48. The van der Waals surface area contributed by atoms with Gasteiger partial charge in [-0.25, -0.2) is 0 Å². The van der Waals surface area contributed by atoms with E-state index in [0.717, 1.165) is 22.5 Å². The summed E-state index contributed by atoms with van der Waals surface area (Å²) < 4.78 is 13.1. The monoisotopic (exact) mass is 509 g/mol. The molecule has 1 heterocycles. The lowest BCUT2D eigenvalue weighted by Gasteiger charge is -2.11. The SMILES string of the molecule is COc1ccccc1OCc1cccc(C(=O)Nc2c(C)nn(Cc3ccc(Cl)c(Cl)c3)c2C)c1. The highest BCUT2D eigenvalue weighted by molar-refractivity contribution is 6.42. The quantitative estimate of drug-likeness (QED) is 0.287. The molecule has 0 fully saturated rings. The molecule has 0 unspecified atom stereocenters. The number of aryl methyl sites for hydroxylation is 1. The Bertz CT molecular complexity index is 1370. The Morgan fingerprint density at radius 2 is 1.71 bits per heavy atom. The van der Waals surface area contributed by atoms with Gasteiger partial charge >= 0.3 is 0 Å². The average molecular weight is 510 g/mol. The van der Waals surface area contributed by atoms with E-state index in [2.05, 4.69) is 10.4 Å². The predicted octanol–water partition coefficient (Wildman–Crippen LogP) is 6.69. The number of carbonyl (C=O) groups is 1. The van der Waals surface area contributed by atoms with Crippen LogP contribution in [-0.2, 0) is 13.2 Å². The third-order valence-corrected chi connectivity index (χ3v) is 6.33. The van der Waals surface area contributed by atoms with Crippen LogP contribution in [0, 0.1) is 13.8 Å². The summed E-state index contributed by atoms with van der Waals surface area (Å²) in [7, 11) is 1.60. The second kappa shape index (κ2) is 10.8. The summed E-state index contributed by atoms with van der Waals surface area (Å²) in [6.45, 7) is 4.60. The second-order valence-electron chi connectivity index (χ2n) is 8.05. The number of anilines is 1. The summed E-state index contributed by atoms with van der Waals surface area (Å²) in [6.07, 6.45) is 0. The van der Waals surface area contributed by atoms with E-state index >= 15 is 0 Å². The van der Waals surface area contributed by atoms with E-state index in [1.165, 1.54) is 0 Å². The molecule has 4 rings (SSSR count). The van der Waals surface area contributed by atoms with Crippen molar-refractivity contribution in [2.24, 2.45) is 0 Å². The van der Waals surface area contributed by atoms with Crippen LogP contribution in [0.2, 0.25) is 10.0 Å². The Balaban J connectivity index is 1.46. The molecule has 180 valence electrons. The minimum atomic E-state index is -0.218. The van der Waals surface area contributed by atoms with Crippen LogP contribution < -0.4 is 14.8 Å². The number of carbonyl (C=O) groups excluding carboxylic acids is 1. The standard InChI is InChI=1S/C27H25Cl2N3O3/c1-17-26(18(2)32(31-17)15-19-11-12-22(28)23(29)14-19)30-27(33)21-8-6-7-20(13-21)16-35-25-10-5-4-9-24(25)34-3/h4-14H,15-16H2,1-3H3,(H,30,33). The summed E-state index contributed by atoms with van der Waals surface area (Å²) >= 11 is 12.2. The van der Waals surface area contributed by atoms with Gasteiger partial charge in [-0.05, 0) is 61.4 Å². The molecule has 0 aliphatic carbocycles. The lowest BCUT2D eigenvalue weighted by molar-refractivity contribution is 0.102. The van der Waals surface area contributed by atoms with Crippen LogP contribution in [0.4, 0.5) is 5.69 Å². The number of amides is 1. The topological polar surface area (TPSA) is 65.4 Å². The summed E-state index contributed by atoms with van der Waals surface area (Å²) in [4.78, 5) is 13.1. The number of para-hydroxylation sites is 2. The molecule has 0 aliphatic rings. The van der Waals surface area contributed by atoms with Gasteiger partial charge in [-0.3, -0.25) is 9.48 Å². The smallest absolute Gasteiger partial charge is 0.255 e. The molecule has 0 saturated heterocycles. The zero-order chi connectivity index (χ0) is 24.9. The summed E-state index contributed by atoms with van der Waals surface area (Å²) in [5.41, 5.74) is 4.62. The van der Waals surface area contributed by atoms with Gasteiger partial charge in [-0.2, -0.15) is 5.10 Å². The number of nitrogens with one attached hydrogen (secondary N) is 1. The third-order valence-electron chi connectivity index (χ3n) is 5.59. The first-order valence-corrected chi connectivity index (χ1v) is 11.8. The molecule has 0 saturated carbocycles. The van der Waals surface area contributed by atoms with Crippen molar-refractivity contribution < 1.29 is 14.3 Å². The van der Waals surface area contributed by atoms with Gasteiger partial charge in [0.05, 0.1) is 40.8 Å². The zero-order valence-corrected chi connectivity index (χ0v) is 21.2. The van der Waals surface area contributed by atoms with E-state index in [1.54, 1.807) is 19.2 Å². The number of methoxy groups -OCH3 is 1. The number of aromatic nitrogens is 2. The number of hydrogen-bond acceptors (Lipinski definition) is 4. The van der Waals surface area contributed by atoms with E-state index < -0.39 is 0 Å². The van der Waals surface area contributed by atoms with E-state index in [-0.39, 0.29) is 5.91 Å². The summed E-state index contributed by atoms with van der Waals surface area (Å²) in [5.74, 6) is 1.08. The Morgan fingerprint density at radius 1 is 0.943 bits per heavy atom. The molecule has 1 aromatic heterocycles. The largest absolute Gasteiger partial charge is 0.493 e. The van der Waals surface area contributed by atoms with Crippen molar-refractivity contribution in [1.29, 1.82) is 0 Å². The van der Waals surface area contributed by atoms with Crippen LogP contribution >= 0.6 is 23.2 Å². The molecule has 0 radical (unpaired) electrons. The van der Waals surface area contributed by atoms with Crippen LogP contribution in [-0.4, -0.2) is 22.8 Å². The minimum Gasteiger partial charge on any atom is -0.493 e. The van der Waals surface area contributed by atoms with Crippen LogP contribution in [0.25, 0.3) is 0 Å². The maximum absolute atomic E-state index is 13.1. The van der Waals surface area contributed by atoms with Crippen molar-refractivity contribution in [1.82, 2.24) is 9.78 Å². The number of ether oxygens (including phenoxy) is 2. The van der Waals surface area contributed by atoms with E-state index in [4.69, 9.17) is 32.7 Å². The first-order valence-electron chi connectivity index (χ1n) is 11.0. The molecule has 6 nitrogen and oxygen atoms in total. The molecule has 1 amide bonds. The predicted molar refractivity (Wildman–Crippen MR) is 139 cm³/mol. The van der Waals surface area contributed by atoms with Crippen molar-refractivity contribution in [3.8, 4) is 11.5 Å². The van der Waals surface area contributed by atoms with Crippen molar-refractivity contribution in [3.05, 3.63) is 105 Å². The highest BCUT2D eigenvalue weighted by Gasteiger charge is 2.16. The van der Waals surface area contributed by atoms with E-state index in [9.17, 15) is 4.79 Å². The molecule has 0 aliphatic heterocycles. The zero-order valence-electron chi connectivity index (χ0n) is 19.6. The van der Waals surface area contributed by atoms with Crippen LogP contribution in [0.3, 0.4) is 0 Å². The van der Waals surface area contributed by atoms with Gasteiger partial charge in [0.25, 0.3) is 5.91 Å². The number of rotatable bonds is 8. The molecule has 3 aromatic carbocycles.